The lowest BCUT2D eigenvalue weighted by Gasteiger charge is -2.02. The predicted octanol–water partition coefficient (Wildman–Crippen LogP) is 0.185. The van der Waals surface area contributed by atoms with Gasteiger partial charge in [-0.3, -0.25) is 14.3 Å². The van der Waals surface area contributed by atoms with Crippen LogP contribution in [-0.4, -0.2) is 20.6 Å². The summed E-state index contributed by atoms with van der Waals surface area (Å²) in [6.45, 7) is 1.75. The quantitative estimate of drug-likeness (QED) is 0.808. The van der Waals surface area contributed by atoms with Crippen LogP contribution in [0.25, 0.3) is 0 Å². The Kier molecular flexibility index (Phi) is 2.88. The molecule has 0 bridgehead atoms. The second kappa shape index (κ2) is 4.36. The molecule has 0 aliphatic carbocycles. The molecule has 2 aromatic heterocycles. The number of furan rings is 1. The number of H-pyrrole nitrogens is 1. The molecule has 0 atom stereocenters. The molecule has 0 saturated carbocycles. The van der Waals surface area contributed by atoms with Gasteiger partial charge in [-0.05, 0) is 13.0 Å². The maximum Gasteiger partial charge on any atom is 0.371 e. The summed E-state index contributed by atoms with van der Waals surface area (Å²) in [6.07, 6.45) is 1.34. The molecule has 94 valence electrons. The van der Waals surface area contributed by atoms with E-state index in [-0.39, 0.29) is 12.3 Å². The zero-order valence-corrected chi connectivity index (χ0v) is 9.47. The molecule has 0 aliphatic heterocycles. The number of hydrogen-bond donors (Lipinski definition) is 2. The molecule has 0 aromatic carbocycles. The number of nitrogens with zero attached hydrogens (tertiary/aromatic N) is 1. The second-order valence-electron chi connectivity index (χ2n) is 3.74. The highest BCUT2D eigenvalue weighted by molar-refractivity contribution is 5.84. The lowest BCUT2D eigenvalue weighted by molar-refractivity contribution is 0.0661. The van der Waals surface area contributed by atoms with Crippen molar-refractivity contribution in [1.29, 1.82) is 0 Å². The number of aromatic carboxylic acids is 1. The first-order chi connectivity index (χ1) is 8.47. The van der Waals surface area contributed by atoms with Gasteiger partial charge < -0.3 is 9.52 Å². The summed E-state index contributed by atoms with van der Waals surface area (Å²) in [5.74, 6) is -0.927. The minimum atomic E-state index is -1.17. The molecule has 2 N–H and O–H groups in total. The molecule has 2 aromatic rings. The highest BCUT2D eigenvalue weighted by atomic mass is 16.4. The van der Waals surface area contributed by atoms with Gasteiger partial charge in [0.15, 0.2) is 0 Å². The fraction of sp³-hybridized carbons (Fsp3) is 0.182. The van der Waals surface area contributed by atoms with Gasteiger partial charge in [-0.15, -0.1) is 0 Å². The maximum absolute atomic E-state index is 11.5. The number of carboxylic acid groups (broad SMARTS) is 1. The van der Waals surface area contributed by atoms with E-state index in [1.54, 1.807) is 6.92 Å². The van der Waals surface area contributed by atoms with Crippen LogP contribution >= 0.6 is 0 Å². The first-order valence-corrected chi connectivity index (χ1v) is 5.10. The Morgan fingerprint density at radius 2 is 2.22 bits per heavy atom. The Hall–Kier alpha value is -2.57. The molecule has 2 rings (SSSR count). The summed E-state index contributed by atoms with van der Waals surface area (Å²) in [5, 5.41) is 8.77. The monoisotopic (exact) mass is 250 g/mol. The molecule has 18 heavy (non-hydrogen) atoms. The van der Waals surface area contributed by atoms with E-state index in [4.69, 9.17) is 9.52 Å². The van der Waals surface area contributed by atoms with Gasteiger partial charge in [0.2, 0.25) is 5.76 Å². The number of aryl methyl sites for hydroxylation is 1. The van der Waals surface area contributed by atoms with Crippen LogP contribution in [0.5, 0.6) is 0 Å². The van der Waals surface area contributed by atoms with Gasteiger partial charge in [-0.1, -0.05) is 0 Å². The van der Waals surface area contributed by atoms with Gasteiger partial charge in [0.25, 0.3) is 5.56 Å². The standard InChI is InChI=1S/C11H10N2O5/c1-6-7(4-8(18-6)10(15)16)5-13-3-2-9(14)12-11(13)17/h2-4H,5H2,1H3,(H,15,16)(H,12,14,17). The number of carbonyl (C=O) groups is 1. The first-order valence-electron chi connectivity index (χ1n) is 5.10. The summed E-state index contributed by atoms with van der Waals surface area (Å²) >= 11 is 0. The van der Waals surface area contributed by atoms with Crippen molar-refractivity contribution < 1.29 is 14.3 Å². The highest BCUT2D eigenvalue weighted by Gasteiger charge is 2.13. The van der Waals surface area contributed by atoms with E-state index in [1.807, 2.05) is 0 Å². The van der Waals surface area contributed by atoms with Crippen LogP contribution in [0.3, 0.4) is 0 Å². The molecule has 0 aliphatic rings. The van der Waals surface area contributed by atoms with Gasteiger partial charge in [0.1, 0.15) is 5.76 Å². The predicted molar refractivity (Wildman–Crippen MR) is 60.8 cm³/mol. The average Bonchev–Trinajstić information content (AvgIpc) is 2.64. The van der Waals surface area contributed by atoms with Crippen molar-refractivity contribution in [2.45, 2.75) is 13.5 Å². The second-order valence-corrected chi connectivity index (χ2v) is 3.74. The normalized spacial score (nSPS) is 10.5. The third-order valence-electron chi connectivity index (χ3n) is 2.47. The molecule has 0 amide bonds. The molecule has 7 heteroatoms. The van der Waals surface area contributed by atoms with Crippen molar-refractivity contribution in [3.05, 3.63) is 56.3 Å². The third kappa shape index (κ3) is 2.24. The van der Waals surface area contributed by atoms with Gasteiger partial charge in [0, 0.05) is 17.8 Å². The topological polar surface area (TPSA) is 105 Å². The van der Waals surface area contributed by atoms with Crippen LogP contribution in [0.4, 0.5) is 0 Å². The number of carboxylic acids is 1. The van der Waals surface area contributed by atoms with Crippen molar-refractivity contribution in [3.63, 3.8) is 0 Å². The van der Waals surface area contributed by atoms with Gasteiger partial charge in [-0.2, -0.15) is 0 Å². The van der Waals surface area contributed by atoms with Crippen LogP contribution in [0.2, 0.25) is 0 Å². The first kappa shape index (κ1) is 11.9. The maximum atomic E-state index is 11.5. The van der Waals surface area contributed by atoms with Crippen molar-refractivity contribution in [1.82, 2.24) is 9.55 Å². The fourth-order valence-electron chi connectivity index (χ4n) is 1.53. The largest absolute Gasteiger partial charge is 0.475 e. The number of nitrogens with one attached hydrogen (secondary N) is 1. The molecule has 0 spiro atoms. The Bertz CT molecular complexity index is 707. The average molecular weight is 250 g/mol. The van der Waals surface area contributed by atoms with E-state index in [2.05, 4.69) is 4.98 Å². The van der Waals surface area contributed by atoms with Gasteiger partial charge in [0.05, 0.1) is 6.54 Å². The van der Waals surface area contributed by atoms with E-state index < -0.39 is 17.2 Å². The minimum Gasteiger partial charge on any atom is -0.475 e. The van der Waals surface area contributed by atoms with Crippen LogP contribution in [-0.2, 0) is 6.54 Å². The van der Waals surface area contributed by atoms with Crippen LogP contribution < -0.4 is 11.2 Å². The Morgan fingerprint density at radius 1 is 1.50 bits per heavy atom. The fourth-order valence-corrected chi connectivity index (χ4v) is 1.53. The summed E-state index contributed by atoms with van der Waals surface area (Å²) in [6, 6.07) is 2.57. The van der Waals surface area contributed by atoms with Crippen molar-refractivity contribution in [2.75, 3.05) is 0 Å². The number of aromatic nitrogens is 2. The summed E-state index contributed by atoms with van der Waals surface area (Å²) in [5.41, 5.74) is -0.465. The summed E-state index contributed by atoms with van der Waals surface area (Å²) in [4.78, 5) is 35.2. The van der Waals surface area contributed by atoms with Crippen molar-refractivity contribution in [2.24, 2.45) is 0 Å². The van der Waals surface area contributed by atoms with Crippen LogP contribution in [0, 0.1) is 6.92 Å². The van der Waals surface area contributed by atoms with Crippen molar-refractivity contribution in [3.8, 4) is 0 Å². The molecule has 7 nitrogen and oxygen atoms in total. The Morgan fingerprint density at radius 3 is 2.78 bits per heavy atom. The molecular weight excluding hydrogens is 240 g/mol. The summed E-state index contributed by atoms with van der Waals surface area (Å²) < 4.78 is 6.28. The Balaban J connectivity index is 2.37. The Labute approximate surface area is 100 Å². The zero-order valence-electron chi connectivity index (χ0n) is 9.47. The van der Waals surface area contributed by atoms with Gasteiger partial charge >= 0.3 is 11.7 Å². The van der Waals surface area contributed by atoms with Crippen LogP contribution in [0.1, 0.15) is 21.9 Å². The van der Waals surface area contributed by atoms with E-state index in [1.165, 1.54) is 22.9 Å². The van der Waals surface area contributed by atoms with Crippen molar-refractivity contribution >= 4 is 5.97 Å². The van der Waals surface area contributed by atoms with E-state index >= 15 is 0 Å². The van der Waals surface area contributed by atoms with E-state index in [9.17, 15) is 14.4 Å². The number of aromatic amines is 1. The smallest absolute Gasteiger partial charge is 0.371 e. The number of rotatable bonds is 3. The van der Waals surface area contributed by atoms with Crippen LogP contribution in [0.15, 0.2) is 32.3 Å². The SMILES string of the molecule is Cc1oc(C(=O)O)cc1Cn1ccc(=O)[nH]c1=O. The highest BCUT2D eigenvalue weighted by Crippen LogP contribution is 2.15. The summed E-state index contributed by atoms with van der Waals surface area (Å²) in [7, 11) is 0. The molecule has 0 saturated heterocycles. The zero-order chi connectivity index (χ0) is 13.3. The van der Waals surface area contributed by atoms with Gasteiger partial charge in [-0.25, -0.2) is 9.59 Å². The molecule has 0 unspecified atom stereocenters. The lowest BCUT2D eigenvalue weighted by atomic mass is 10.2. The third-order valence-corrected chi connectivity index (χ3v) is 2.47. The number of hydrogen-bond acceptors (Lipinski definition) is 4. The molecule has 2 heterocycles. The molecule has 0 radical (unpaired) electrons. The molecule has 0 fully saturated rings. The lowest BCUT2D eigenvalue weighted by Crippen LogP contribution is -2.28. The van der Waals surface area contributed by atoms with E-state index in [0.717, 1.165) is 0 Å². The minimum absolute atomic E-state index is 0.137. The van der Waals surface area contributed by atoms with E-state index in [0.29, 0.717) is 11.3 Å². The molecular formula is C11H10N2O5.